The van der Waals surface area contributed by atoms with E-state index in [0.29, 0.717) is 0 Å². The highest BCUT2D eigenvalue weighted by Gasteiger charge is 2.22. The van der Waals surface area contributed by atoms with E-state index in [-0.39, 0.29) is 11.9 Å². The van der Waals surface area contributed by atoms with Crippen molar-refractivity contribution in [3.63, 3.8) is 0 Å². The average Bonchev–Trinajstić information content (AvgIpc) is 2.42. The van der Waals surface area contributed by atoms with Gasteiger partial charge in [-0.05, 0) is 61.4 Å². The monoisotopic (exact) mass is 345 g/mol. The number of benzene rings is 1. The number of rotatable bonds is 5. The summed E-state index contributed by atoms with van der Waals surface area (Å²) in [5.74, 6) is 3.14. The fraction of sp³-hybridized carbons (Fsp3) is 0.600. The minimum atomic E-state index is -0.0978. The molecule has 1 nitrogen and oxygen atoms in total. The van der Waals surface area contributed by atoms with E-state index in [1.807, 2.05) is 17.8 Å². The maximum atomic E-state index is 14.0. The van der Waals surface area contributed by atoms with Gasteiger partial charge in [0.05, 0.1) is 0 Å². The van der Waals surface area contributed by atoms with Crippen molar-refractivity contribution in [2.75, 3.05) is 18.1 Å². The molecule has 19 heavy (non-hydrogen) atoms. The number of nitrogens with one attached hydrogen (secondary N) is 1. The Morgan fingerprint density at radius 3 is 2.84 bits per heavy atom. The summed E-state index contributed by atoms with van der Waals surface area (Å²) in [6.45, 7) is 2.96. The molecule has 106 valence electrons. The zero-order valence-electron chi connectivity index (χ0n) is 11.3. The fourth-order valence-corrected chi connectivity index (χ4v) is 4.25. The van der Waals surface area contributed by atoms with E-state index >= 15 is 0 Å². The second-order valence-corrected chi connectivity index (χ2v) is 7.21. The van der Waals surface area contributed by atoms with Crippen LogP contribution < -0.4 is 5.32 Å². The van der Waals surface area contributed by atoms with Gasteiger partial charge in [-0.1, -0.05) is 22.9 Å². The number of halogens is 2. The lowest BCUT2D eigenvalue weighted by Crippen LogP contribution is -2.25. The summed E-state index contributed by atoms with van der Waals surface area (Å²) in [7, 11) is 0. The van der Waals surface area contributed by atoms with Crippen molar-refractivity contribution in [2.45, 2.75) is 32.2 Å². The first-order valence-electron chi connectivity index (χ1n) is 6.96. The molecule has 1 heterocycles. The van der Waals surface area contributed by atoms with Crippen molar-refractivity contribution < 1.29 is 4.39 Å². The molecule has 1 N–H and O–H groups in total. The highest BCUT2D eigenvalue weighted by atomic mass is 79.9. The van der Waals surface area contributed by atoms with E-state index in [1.54, 1.807) is 12.1 Å². The van der Waals surface area contributed by atoms with E-state index in [9.17, 15) is 4.39 Å². The Hall–Kier alpha value is -0.0600. The Kier molecular flexibility index (Phi) is 6.17. The van der Waals surface area contributed by atoms with Crippen molar-refractivity contribution in [1.29, 1.82) is 0 Å². The van der Waals surface area contributed by atoms with Crippen LogP contribution >= 0.6 is 27.7 Å². The van der Waals surface area contributed by atoms with Crippen LogP contribution in [-0.2, 0) is 0 Å². The van der Waals surface area contributed by atoms with Gasteiger partial charge in [0, 0.05) is 16.1 Å². The third-order valence-corrected chi connectivity index (χ3v) is 5.24. The predicted octanol–water partition coefficient (Wildman–Crippen LogP) is 4.77. The minimum Gasteiger partial charge on any atom is -0.310 e. The molecule has 2 rings (SSSR count). The summed E-state index contributed by atoms with van der Waals surface area (Å²) in [5.41, 5.74) is 0.800. The van der Waals surface area contributed by atoms with Crippen molar-refractivity contribution >= 4 is 27.7 Å². The van der Waals surface area contributed by atoms with Crippen LogP contribution in [0.5, 0.6) is 0 Å². The lowest BCUT2D eigenvalue weighted by Gasteiger charge is -2.27. The van der Waals surface area contributed by atoms with Crippen LogP contribution in [0.1, 0.15) is 37.8 Å². The van der Waals surface area contributed by atoms with Crippen LogP contribution in [0.3, 0.4) is 0 Å². The molecule has 4 heteroatoms. The van der Waals surface area contributed by atoms with E-state index < -0.39 is 0 Å². The van der Waals surface area contributed by atoms with Crippen molar-refractivity contribution in [1.82, 2.24) is 5.32 Å². The van der Waals surface area contributed by atoms with Crippen LogP contribution in [0.4, 0.5) is 4.39 Å². The molecule has 1 saturated heterocycles. The Balaban J connectivity index is 2.11. The molecule has 1 atom stereocenters. The van der Waals surface area contributed by atoms with Crippen molar-refractivity contribution in [3.05, 3.63) is 34.1 Å². The predicted molar refractivity (Wildman–Crippen MR) is 85.2 cm³/mol. The molecule has 0 spiro atoms. The zero-order valence-corrected chi connectivity index (χ0v) is 13.7. The van der Waals surface area contributed by atoms with Crippen LogP contribution in [0.2, 0.25) is 0 Å². The maximum Gasteiger partial charge on any atom is 0.128 e. The van der Waals surface area contributed by atoms with Gasteiger partial charge in [-0.2, -0.15) is 11.8 Å². The average molecular weight is 346 g/mol. The second kappa shape index (κ2) is 7.65. The second-order valence-electron chi connectivity index (χ2n) is 5.07. The summed E-state index contributed by atoms with van der Waals surface area (Å²) < 4.78 is 15.0. The lowest BCUT2D eigenvalue weighted by atomic mass is 9.90. The van der Waals surface area contributed by atoms with Gasteiger partial charge in [-0.3, -0.25) is 0 Å². The normalized spacial score (nSPS) is 18.5. The smallest absolute Gasteiger partial charge is 0.128 e. The zero-order chi connectivity index (χ0) is 13.7. The fourth-order valence-electron chi connectivity index (χ4n) is 2.66. The van der Waals surface area contributed by atoms with E-state index in [4.69, 9.17) is 0 Å². The minimum absolute atomic E-state index is 0.0978. The van der Waals surface area contributed by atoms with Gasteiger partial charge in [-0.25, -0.2) is 4.39 Å². The van der Waals surface area contributed by atoms with Gasteiger partial charge < -0.3 is 5.32 Å². The molecule has 1 fully saturated rings. The van der Waals surface area contributed by atoms with E-state index in [0.717, 1.165) is 28.9 Å². The quantitative estimate of drug-likeness (QED) is 0.824. The van der Waals surface area contributed by atoms with Crippen LogP contribution in [0.15, 0.2) is 22.7 Å². The summed E-state index contributed by atoms with van der Waals surface area (Å²) >= 11 is 5.48. The van der Waals surface area contributed by atoms with Gasteiger partial charge >= 0.3 is 0 Å². The van der Waals surface area contributed by atoms with E-state index in [2.05, 4.69) is 28.2 Å². The molecule has 1 unspecified atom stereocenters. The molecule has 0 saturated carbocycles. The number of thioether (sulfide) groups is 1. The molecular weight excluding hydrogens is 325 g/mol. The third kappa shape index (κ3) is 4.47. The third-order valence-electron chi connectivity index (χ3n) is 3.69. The van der Waals surface area contributed by atoms with Gasteiger partial charge in [0.25, 0.3) is 0 Å². The summed E-state index contributed by atoms with van der Waals surface area (Å²) in [6, 6.07) is 5.37. The molecule has 0 aliphatic carbocycles. The van der Waals surface area contributed by atoms with Gasteiger partial charge in [-0.15, -0.1) is 0 Å². The molecule has 1 aliphatic heterocycles. The highest BCUT2D eigenvalue weighted by Crippen LogP contribution is 2.32. The molecule has 0 aromatic heterocycles. The van der Waals surface area contributed by atoms with Crippen LogP contribution in [0.25, 0.3) is 0 Å². The molecule has 1 aliphatic rings. The molecule has 1 aromatic carbocycles. The maximum absolute atomic E-state index is 14.0. The Morgan fingerprint density at radius 1 is 1.42 bits per heavy atom. The Morgan fingerprint density at radius 2 is 2.16 bits per heavy atom. The Bertz CT molecular complexity index is 407. The Labute approximate surface area is 127 Å². The lowest BCUT2D eigenvalue weighted by molar-refractivity contribution is 0.367. The van der Waals surface area contributed by atoms with Gasteiger partial charge in [0.15, 0.2) is 0 Å². The first-order chi connectivity index (χ1) is 9.20. The summed E-state index contributed by atoms with van der Waals surface area (Å²) in [5, 5.41) is 3.45. The number of hydrogen-bond acceptors (Lipinski definition) is 2. The first kappa shape index (κ1) is 15.3. The SMILES string of the molecule is CCNC(CC1CCSCC1)c1cc(Br)ccc1F. The van der Waals surface area contributed by atoms with Gasteiger partial charge in [0.1, 0.15) is 5.82 Å². The van der Waals surface area contributed by atoms with Crippen LogP contribution in [-0.4, -0.2) is 18.1 Å². The molecule has 0 radical (unpaired) electrons. The van der Waals surface area contributed by atoms with Gasteiger partial charge in [0.2, 0.25) is 0 Å². The van der Waals surface area contributed by atoms with Crippen molar-refractivity contribution in [2.24, 2.45) is 5.92 Å². The van der Waals surface area contributed by atoms with Crippen molar-refractivity contribution in [3.8, 4) is 0 Å². The standard InChI is InChI=1S/C15H21BrFNS/c1-2-18-15(9-11-5-7-19-8-6-11)13-10-12(16)3-4-14(13)17/h3-4,10-11,15,18H,2,5-9H2,1H3. The molecular formula is C15H21BrFNS. The first-order valence-corrected chi connectivity index (χ1v) is 8.91. The summed E-state index contributed by atoms with van der Waals surface area (Å²) in [6.07, 6.45) is 3.58. The van der Waals surface area contributed by atoms with Crippen LogP contribution in [0, 0.1) is 11.7 Å². The van der Waals surface area contributed by atoms with E-state index in [1.165, 1.54) is 24.3 Å². The topological polar surface area (TPSA) is 12.0 Å². The molecule has 0 bridgehead atoms. The largest absolute Gasteiger partial charge is 0.310 e. The summed E-state index contributed by atoms with van der Waals surface area (Å²) in [4.78, 5) is 0. The molecule has 1 aromatic rings. The highest BCUT2D eigenvalue weighted by molar-refractivity contribution is 9.10. The number of hydrogen-bond donors (Lipinski definition) is 1. The molecule has 0 amide bonds.